The molecule has 3 heterocycles. The average Bonchev–Trinajstić information content (AvgIpc) is 3.18. The molecule has 1 aromatic carbocycles. The second-order valence-electron chi connectivity index (χ2n) is 8.85. The summed E-state index contributed by atoms with van der Waals surface area (Å²) in [7, 11) is -4.32. The van der Waals surface area contributed by atoms with Crippen LogP contribution in [-0.2, 0) is 27.4 Å². The van der Waals surface area contributed by atoms with E-state index in [1.165, 1.54) is 13.0 Å². The molecule has 1 saturated heterocycles. The Morgan fingerprint density at radius 1 is 1.05 bits per heavy atom. The van der Waals surface area contributed by atoms with Gasteiger partial charge in [0.1, 0.15) is 23.5 Å². The quantitative estimate of drug-likeness (QED) is 0.377. The monoisotopic (exact) mass is 557 g/mol. The zero-order valence-electron chi connectivity index (χ0n) is 19.8. The smallest absolute Gasteiger partial charge is 0.298 e. The van der Waals surface area contributed by atoms with Crippen LogP contribution in [0.1, 0.15) is 31.2 Å². The Labute approximate surface area is 214 Å². The zero-order chi connectivity index (χ0) is 27.8. The van der Waals surface area contributed by atoms with Gasteiger partial charge in [0, 0.05) is 35.9 Å². The molecule has 3 aromatic rings. The topological polar surface area (TPSA) is 80.2 Å². The van der Waals surface area contributed by atoms with Crippen LogP contribution in [-0.4, -0.2) is 46.7 Å². The van der Waals surface area contributed by atoms with E-state index < -0.39 is 57.6 Å². The second kappa shape index (κ2) is 10.4. The van der Waals surface area contributed by atoms with Crippen LogP contribution in [0, 0.1) is 11.6 Å². The normalized spacial score (nSPS) is 20.6. The van der Waals surface area contributed by atoms with Crippen molar-refractivity contribution in [1.82, 2.24) is 14.3 Å². The van der Waals surface area contributed by atoms with Crippen LogP contribution in [0.15, 0.2) is 59.8 Å². The van der Waals surface area contributed by atoms with Crippen LogP contribution >= 0.6 is 0 Å². The fraction of sp³-hybridized carbons (Fsp3) is 0.320. The lowest BCUT2D eigenvalue weighted by molar-refractivity contribution is -0.141. The lowest BCUT2D eigenvalue weighted by atomic mass is 10.0. The lowest BCUT2D eigenvalue weighted by Crippen LogP contribution is -2.44. The largest absolute Gasteiger partial charge is 0.433 e. The number of pyridine rings is 2. The van der Waals surface area contributed by atoms with Crippen LogP contribution in [0.4, 0.5) is 26.3 Å². The molecule has 0 N–H and O–H groups in total. The van der Waals surface area contributed by atoms with E-state index in [0.29, 0.717) is 6.07 Å². The Morgan fingerprint density at radius 2 is 1.74 bits per heavy atom. The summed E-state index contributed by atoms with van der Waals surface area (Å²) >= 11 is 0. The molecule has 202 valence electrons. The van der Waals surface area contributed by atoms with E-state index >= 15 is 0 Å². The average molecular weight is 558 g/mol. The third-order valence-electron chi connectivity index (χ3n) is 6.35. The van der Waals surface area contributed by atoms with E-state index in [-0.39, 0.29) is 41.0 Å². The minimum Gasteiger partial charge on any atom is -0.298 e. The molecule has 0 spiro atoms. The molecule has 0 amide bonds. The van der Waals surface area contributed by atoms with Crippen LogP contribution in [0.5, 0.6) is 0 Å². The maximum atomic E-state index is 14.6. The standard InChI is InChI=1S/C25H21F6N3O3S/c1-14-20(27)11-22(34(14)38(36,37)18-6-3-16(26)4-7-18)23(35)8-5-17-10-19(21(28)13-32-17)15-2-9-24(33-12-15)25(29,30)31/h2-4,6-7,9-10,12-14,20,22H,5,8,11H2,1H3/t14-,20+,22-/m0/s1. The minimum absolute atomic E-state index is 0.0620. The molecule has 1 aliphatic heterocycles. The zero-order valence-corrected chi connectivity index (χ0v) is 20.6. The minimum atomic E-state index is -4.66. The van der Waals surface area contributed by atoms with Crippen molar-refractivity contribution in [2.45, 2.75) is 55.5 Å². The summed E-state index contributed by atoms with van der Waals surface area (Å²) in [5, 5.41) is 0. The van der Waals surface area contributed by atoms with Gasteiger partial charge in [-0.05, 0) is 49.7 Å². The summed E-state index contributed by atoms with van der Waals surface area (Å²) in [6.07, 6.45) is -5.23. The summed E-state index contributed by atoms with van der Waals surface area (Å²) in [6.45, 7) is 1.34. The van der Waals surface area contributed by atoms with Gasteiger partial charge in [-0.3, -0.25) is 14.8 Å². The van der Waals surface area contributed by atoms with E-state index in [0.717, 1.165) is 47.0 Å². The first-order valence-corrected chi connectivity index (χ1v) is 12.9. The highest BCUT2D eigenvalue weighted by Gasteiger charge is 2.48. The van der Waals surface area contributed by atoms with E-state index in [1.54, 1.807) is 0 Å². The molecular formula is C25H21F6N3O3S. The molecule has 1 aliphatic rings. The van der Waals surface area contributed by atoms with Gasteiger partial charge >= 0.3 is 6.18 Å². The van der Waals surface area contributed by atoms with Crippen LogP contribution in [0.25, 0.3) is 11.1 Å². The van der Waals surface area contributed by atoms with E-state index in [4.69, 9.17) is 0 Å². The van der Waals surface area contributed by atoms with Gasteiger partial charge in [-0.15, -0.1) is 0 Å². The van der Waals surface area contributed by atoms with Crippen LogP contribution in [0.2, 0.25) is 0 Å². The van der Waals surface area contributed by atoms with Gasteiger partial charge in [0.2, 0.25) is 10.0 Å². The maximum absolute atomic E-state index is 14.6. The third-order valence-corrected chi connectivity index (χ3v) is 8.36. The Balaban J connectivity index is 1.52. The van der Waals surface area contributed by atoms with Crippen molar-refractivity contribution in [3.8, 4) is 11.1 Å². The number of aromatic nitrogens is 2. The maximum Gasteiger partial charge on any atom is 0.433 e. The number of ketones is 1. The van der Waals surface area contributed by atoms with Crippen molar-refractivity contribution in [3.63, 3.8) is 0 Å². The van der Waals surface area contributed by atoms with Gasteiger partial charge in [0.25, 0.3) is 0 Å². The number of carbonyl (C=O) groups is 1. The van der Waals surface area contributed by atoms with E-state index in [1.807, 2.05) is 0 Å². The van der Waals surface area contributed by atoms with Crippen molar-refractivity contribution in [2.75, 3.05) is 0 Å². The number of alkyl halides is 4. The fourth-order valence-electron chi connectivity index (χ4n) is 4.32. The summed E-state index contributed by atoms with van der Waals surface area (Å²) in [5.74, 6) is -2.07. The molecule has 0 aliphatic carbocycles. The summed E-state index contributed by atoms with van der Waals surface area (Å²) in [5.41, 5.74) is -0.946. The van der Waals surface area contributed by atoms with Crippen molar-refractivity contribution in [1.29, 1.82) is 0 Å². The number of hydrogen-bond acceptors (Lipinski definition) is 5. The molecular weight excluding hydrogens is 536 g/mol. The molecule has 0 saturated carbocycles. The molecule has 0 bridgehead atoms. The lowest BCUT2D eigenvalue weighted by Gasteiger charge is -2.26. The molecule has 0 radical (unpaired) electrons. The molecule has 2 aromatic heterocycles. The number of hydrogen-bond donors (Lipinski definition) is 0. The summed E-state index contributed by atoms with van der Waals surface area (Å²) in [6, 6.07) is 4.54. The summed E-state index contributed by atoms with van der Waals surface area (Å²) in [4.78, 5) is 20.0. The van der Waals surface area contributed by atoms with Gasteiger partial charge in [0.05, 0.1) is 23.2 Å². The second-order valence-corrected chi connectivity index (χ2v) is 10.7. The molecule has 1 fully saturated rings. The van der Waals surface area contributed by atoms with Crippen LogP contribution in [0.3, 0.4) is 0 Å². The number of sulfonamides is 1. The van der Waals surface area contributed by atoms with Crippen molar-refractivity contribution in [3.05, 3.63) is 77.9 Å². The van der Waals surface area contributed by atoms with E-state index in [2.05, 4.69) is 9.97 Å². The first-order chi connectivity index (χ1) is 17.8. The van der Waals surface area contributed by atoms with Crippen LogP contribution < -0.4 is 0 Å². The molecule has 38 heavy (non-hydrogen) atoms. The highest BCUT2D eigenvalue weighted by atomic mass is 32.2. The predicted octanol–water partition coefficient (Wildman–Crippen LogP) is 5.13. The number of aryl methyl sites for hydroxylation is 1. The molecule has 0 unspecified atom stereocenters. The van der Waals surface area contributed by atoms with Gasteiger partial charge in [-0.2, -0.15) is 17.5 Å². The highest BCUT2D eigenvalue weighted by Crippen LogP contribution is 2.34. The first kappa shape index (κ1) is 27.7. The molecule has 13 heteroatoms. The number of benzene rings is 1. The molecule has 3 atom stereocenters. The Hall–Kier alpha value is -3.32. The number of Topliss-reactive ketones (excluding diaryl/α,β-unsaturated/α-hetero) is 1. The number of carbonyl (C=O) groups excluding carboxylic acids is 1. The Morgan fingerprint density at radius 3 is 2.34 bits per heavy atom. The van der Waals surface area contributed by atoms with Crippen molar-refractivity contribution in [2.24, 2.45) is 0 Å². The van der Waals surface area contributed by atoms with Gasteiger partial charge in [-0.25, -0.2) is 21.6 Å². The van der Waals surface area contributed by atoms with Gasteiger partial charge < -0.3 is 0 Å². The highest BCUT2D eigenvalue weighted by molar-refractivity contribution is 7.89. The van der Waals surface area contributed by atoms with E-state index in [9.17, 15) is 39.6 Å². The van der Waals surface area contributed by atoms with Crippen molar-refractivity contribution < 1.29 is 39.6 Å². The Kier molecular flexibility index (Phi) is 7.62. The predicted molar refractivity (Wildman–Crippen MR) is 124 cm³/mol. The molecule has 4 rings (SSSR count). The fourth-order valence-corrected chi connectivity index (χ4v) is 6.16. The van der Waals surface area contributed by atoms with Gasteiger partial charge in [0.15, 0.2) is 5.78 Å². The third kappa shape index (κ3) is 5.58. The number of halogens is 6. The Bertz CT molecular complexity index is 1430. The number of rotatable bonds is 7. The first-order valence-electron chi connectivity index (χ1n) is 11.4. The summed E-state index contributed by atoms with van der Waals surface area (Å²) < 4.78 is 108. The van der Waals surface area contributed by atoms with Gasteiger partial charge in [-0.1, -0.05) is 6.07 Å². The van der Waals surface area contributed by atoms with Crippen molar-refractivity contribution >= 4 is 15.8 Å². The molecule has 6 nitrogen and oxygen atoms in total. The number of nitrogens with zero attached hydrogens (tertiary/aromatic N) is 3. The SMILES string of the molecule is C[C@H]1[C@H](F)C[C@@H](C(=O)CCc2cc(-c3ccc(C(F)(F)F)nc3)c(F)cn2)N1S(=O)(=O)c1ccc(F)cc1.